The lowest BCUT2D eigenvalue weighted by Crippen LogP contribution is -2.90. The topological polar surface area (TPSA) is 168 Å². The van der Waals surface area contributed by atoms with Crippen LogP contribution in [0.25, 0.3) is 0 Å². The summed E-state index contributed by atoms with van der Waals surface area (Å²) >= 11 is 0. The van der Waals surface area contributed by atoms with Gasteiger partial charge in [-0.3, -0.25) is 19.2 Å². The zero-order valence-electron chi connectivity index (χ0n) is 27.3. The SMILES string of the molecule is CC(=O)O[C@H]1[C@@H](OC(C)=O)[C@]2(C)C(OC(=O)C(C)C)OC[C@]3([C@H]4C(=O)C[C@@]5(C)[C@H](c6ccoc6)C[C@@H](O)[C@]56O[C@H](C[C@@H]23)[C@]46C)[C@H]1O. The Hall–Kier alpha value is -2.80. The minimum Gasteiger partial charge on any atom is -0.472 e. The molecule has 6 fully saturated rings. The number of ether oxygens (including phenoxy) is 5. The van der Waals surface area contributed by atoms with Crippen molar-refractivity contribution < 1.29 is 57.5 Å². The third-order valence-electron chi connectivity index (χ3n) is 13.2. The maximum atomic E-state index is 14.9. The van der Waals surface area contributed by atoms with E-state index in [9.17, 15) is 29.4 Å². The van der Waals surface area contributed by atoms with Gasteiger partial charge in [0.15, 0.2) is 12.2 Å². The molecule has 2 aliphatic heterocycles. The monoisotopic (exact) mass is 644 g/mol. The van der Waals surface area contributed by atoms with Gasteiger partial charge in [-0.15, -0.1) is 0 Å². The summed E-state index contributed by atoms with van der Waals surface area (Å²) in [6.07, 6.45) is -2.93. The van der Waals surface area contributed by atoms with E-state index in [2.05, 4.69) is 0 Å². The first-order valence-corrected chi connectivity index (χ1v) is 16.3. The lowest BCUT2D eigenvalue weighted by atomic mass is 9.30. The first kappa shape index (κ1) is 31.8. The van der Waals surface area contributed by atoms with Gasteiger partial charge in [-0.05, 0) is 43.2 Å². The molecule has 0 amide bonds. The molecule has 1 aromatic heterocycles. The van der Waals surface area contributed by atoms with E-state index in [1.54, 1.807) is 33.3 Å². The molecule has 4 saturated carbocycles. The van der Waals surface area contributed by atoms with Crippen LogP contribution in [0.1, 0.15) is 79.2 Å². The molecule has 4 aliphatic carbocycles. The lowest BCUT2D eigenvalue weighted by Gasteiger charge is -2.81. The van der Waals surface area contributed by atoms with Crippen LogP contribution in [0.3, 0.4) is 0 Å². The first-order valence-electron chi connectivity index (χ1n) is 16.3. The van der Waals surface area contributed by atoms with Crippen LogP contribution in [-0.4, -0.2) is 82.9 Å². The van der Waals surface area contributed by atoms with E-state index in [1.807, 2.05) is 19.9 Å². The van der Waals surface area contributed by atoms with Crippen LogP contribution in [0.15, 0.2) is 23.0 Å². The summed E-state index contributed by atoms with van der Waals surface area (Å²) < 4.78 is 36.3. The fraction of sp³-hybridized carbons (Fsp3) is 0.765. The number of rotatable bonds is 5. The van der Waals surface area contributed by atoms with Crippen molar-refractivity contribution in [3.63, 3.8) is 0 Å². The van der Waals surface area contributed by atoms with Crippen LogP contribution in [0.2, 0.25) is 0 Å². The van der Waals surface area contributed by atoms with E-state index in [0.717, 1.165) is 5.56 Å². The van der Waals surface area contributed by atoms with Crippen molar-refractivity contribution >= 4 is 23.7 Å². The first-order chi connectivity index (χ1) is 21.5. The quantitative estimate of drug-likeness (QED) is 0.356. The van der Waals surface area contributed by atoms with Gasteiger partial charge in [0.1, 0.15) is 17.5 Å². The highest BCUT2D eigenvalue weighted by molar-refractivity contribution is 5.87. The second-order valence-corrected chi connectivity index (χ2v) is 15.5. The Balaban J connectivity index is 1.41. The predicted octanol–water partition coefficient (Wildman–Crippen LogP) is 2.67. The predicted molar refractivity (Wildman–Crippen MR) is 155 cm³/mol. The molecule has 2 N–H and O–H groups in total. The van der Waals surface area contributed by atoms with Gasteiger partial charge in [0, 0.05) is 42.4 Å². The Kier molecular flexibility index (Phi) is 6.82. The highest BCUT2D eigenvalue weighted by Gasteiger charge is 2.90. The second-order valence-electron chi connectivity index (χ2n) is 15.5. The van der Waals surface area contributed by atoms with E-state index in [1.165, 1.54) is 13.8 Å². The van der Waals surface area contributed by atoms with E-state index >= 15 is 0 Å². The fourth-order valence-corrected chi connectivity index (χ4v) is 11.6. The molecule has 1 aromatic rings. The summed E-state index contributed by atoms with van der Waals surface area (Å²) in [4.78, 5) is 53.0. The third-order valence-corrected chi connectivity index (χ3v) is 13.2. The van der Waals surface area contributed by atoms with Crippen molar-refractivity contribution in [3.05, 3.63) is 24.2 Å². The zero-order chi connectivity index (χ0) is 33.4. The minimum absolute atomic E-state index is 0.0577. The summed E-state index contributed by atoms with van der Waals surface area (Å²) in [6, 6.07) is 1.86. The Bertz CT molecular complexity index is 1470. The van der Waals surface area contributed by atoms with Crippen LogP contribution < -0.4 is 0 Å². The Morgan fingerprint density at radius 1 is 1.02 bits per heavy atom. The Morgan fingerprint density at radius 3 is 2.33 bits per heavy atom. The summed E-state index contributed by atoms with van der Waals surface area (Å²) in [7, 11) is 0. The number of furan rings is 1. The molecule has 3 heterocycles. The number of carbonyl (C=O) groups excluding carboxylic acids is 4. The molecule has 12 nitrogen and oxygen atoms in total. The standard InChI is InChI=1S/C34H44O12/c1-15(2)28(40)45-29-31(6)21-11-23-32(7)25(33(21,14-42-29)26(39)24(43-16(3)35)27(31)44-17(4)36)20(37)12-30(5)19(18-8-9-41-13-18)10-22(38)34(30,32)46-23/h8-9,13,15,19,21-27,29,38-39H,10-12,14H2,1-7H3/t19-,21-,22+,23+,24+,25-,26-,27+,29?,30-,31+,32+,33-,34-/m0/s1. The molecule has 12 heteroatoms. The minimum atomic E-state index is -1.50. The van der Waals surface area contributed by atoms with Gasteiger partial charge >= 0.3 is 17.9 Å². The molecule has 1 spiro atoms. The molecule has 252 valence electrons. The van der Waals surface area contributed by atoms with Crippen LogP contribution >= 0.6 is 0 Å². The largest absolute Gasteiger partial charge is 0.472 e. The van der Waals surface area contributed by atoms with Crippen molar-refractivity contribution in [1.82, 2.24) is 0 Å². The van der Waals surface area contributed by atoms with Crippen LogP contribution in [0.5, 0.6) is 0 Å². The van der Waals surface area contributed by atoms with Gasteiger partial charge in [0.05, 0.1) is 42.7 Å². The molecule has 46 heavy (non-hydrogen) atoms. The van der Waals surface area contributed by atoms with Gasteiger partial charge in [-0.25, -0.2) is 0 Å². The van der Waals surface area contributed by atoms with Crippen LogP contribution in [0.4, 0.5) is 0 Å². The number of hydrogen-bond donors (Lipinski definition) is 2. The maximum absolute atomic E-state index is 14.9. The Morgan fingerprint density at radius 2 is 1.72 bits per heavy atom. The number of hydrogen-bond acceptors (Lipinski definition) is 12. The highest BCUT2D eigenvalue weighted by atomic mass is 16.7. The van der Waals surface area contributed by atoms with Gasteiger partial charge in [-0.1, -0.05) is 27.7 Å². The van der Waals surface area contributed by atoms with E-state index in [0.29, 0.717) is 12.8 Å². The van der Waals surface area contributed by atoms with E-state index in [4.69, 9.17) is 28.1 Å². The molecule has 6 aliphatic rings. The molecule has 0 aromatic carbocycles. The second kappa shape index (κ2) is 9.87. The number of carbonyl (C=O) groups is 4. The van der Waals surface area contributed by atoms with Crippen molar-refractivity contribution in [2.75, 3.05) is 6.61 Å². The van der Waals surface area contributed by atoms with E-state index in [-0.39, 0.29) is 24.7 Å². The molecule has 0 radical (unpaired) electrons. The third kappa shape index (κ3) is 3.49. The van der Waals surface area contributed by atoms with Gasteiger partial charge in [0.2, 0.25) is 6.29 Å². The average molecular weight is 645 g/mol. The van der Waals surface area contributed by atoms with Gasteiger partial charge in [0.25, 0.3) is 0 Å². The van der Waals surface area contributed by atoms with Crippen LogP contribution in [0, 0.1) is 39.4 Å². The smallest absolute Gasteiger partial charge is 0.310 e. The summed E-state index contributed by atoms with van der Waals surface area (Å²) in [6.45, 7) is 11.3. The lowest BCUT2D eigenvalue weighted by molar-refractivity contribution is -0.458. The molecular weight excluding hydrogens is 600 g/mol. The average Bonchev–Trinajstić information content (AvgIpc) is 3.57. The molecule has 7 rings (SSSR count). The summed E-state index contributed by atoms with van der Waals surface area (Å²) in [5.41, 5.74) is -4.72. The number of esters is 3. The normalized spacial score (nSPS) is 50.0. The van der Waals surface area contributed by atoms with Gasteiger partial charge < -0.3 is 38.3 Å². The zero-order valence-corrected chi connectivity index (χ0v) is 27.3. The maximum Gasteiger partial charge on any atom is 0.310 e. The molecule has 2 saturated heterocycles. The molecule has 2 bridgehead atoms. The molecule has 1 unspecified atom stereocenters. The molecular formula is C34H44O12. The molecule has 14 atom stereocenters. The van der Waals surface area contributed by atoms with Crippen molar-refractivity contribution in [2.24, 2.45) is 39.4 Å². The number of aliphatic hydroxyl groups is 2. The highest BCUT2D eigenvalue weighted by Crippen LogP contribution is 2.82. The Labute approximate surface area is 267 Å². The number of aliphatic hydroxyl groups excluding tert-OH is 2. The number of Topliss-reactive ketones (excluding diaryl/α,β-unsaturated/α-hetero) is 1. The van der Waals surface area contributed by atoms with Crippen molar-refractivity contribution in [1.29, 1.82) is 0 Å². The number of ketones is 1. The van der Waals surface area contributed by atoms with Crippen LogP contribution in [-0.2, 0) is 42.9 Å². The summed E-state index contributed by atoms with van der Waals surface area (Å²) in [5.74, 6) is -4.31. The summed E-state index contributed by atoms with van der Waals surface area (Å²) in [5, 5.41) is 24.4. The van der Waals surface area contributed by atoms with Crippen molar-refractivity contribution in [3.8, 4) is 0 Å². The van der Waals surface area contributed by atoms with Gasteiger partial charge in [-0.2, -0.15) is 0 Å². The van der Waals surface area contributed by atoms with E-state index < -0.39 is 99.7 Å². The fourth-order valence-electron chi connectivity index (χ4n) is 11.6. The van der Waals surface area contributed by atoms with Crippen molar-refractivity contribution in [2.45, 2.75) is 116 Å².